The second kappa shape index (κ2) is 7.77. The summed E-state index contributed by atoms with van der Waals surface area (Å²) >= 11 is 0. The van der Waals surface area contributed by atoms with Crippen molar-refractivity contribution in [1.29, 1.82) is 0 Å². The Hall–Kier alpha value is -2.63. The van der Waals surface area contributed by atoms with Crippen molar-refractivity contribution in [2.75, 3.05) is 18.5 Å². The van der Waals surface area contributed by atoms with E-state index in [9.17, 15) is 13.6 Å². The molecule has 6 heteroatoms. The van der Waals surface area contributed by atoms with E-state index in [0.717, 1.165) is 29.0 Å². The lowest BCUT2D eigenvalue weighted by atomic mass is 10.1. The van der Waals surface area contributed by atoms with E-state index in [0.29, 0.717) is 0 Å². The van der Waals surface area contributed by atoms with Crippen molar-refractivity contribution < 1.29 is 18.3 Å². The standard InChI is InChI=1S/C18H20F2N2O2/c1-11-9-13(3)16(10-12(11)2)24-8-7-21-18(23)22-17-14(19)5-4-6-15(17)20/h4-6,9-10H,7-8H2,1-3H3,(H2,21,22,23). The molecule has 0 aliphatic heterocycles. The van der Waals surface area contributed by atoms with Gasteiger partial charge in [0, 0.05) is 0 Å². The van der Waals surface area contributed by atoms with Crippen molar-refractivity contribution in [2.24, 2.45) is 0 Å². The van der Waals surface area contributed by atoms with Crippen LogP contribution >= 0.6 is 0 Å². The molecule has 24 heavy (non-hydrogen) atoms. The number of para-hydroxylation sites is 1. The SMILES string of the molecule is Cc1cc(C)c(OCCNC(=O)Nc2c(F)cccc2F)cc1C. The molecule has 2 amide bonds. The van der Waals surface area contributed by atoms with E-state index in [1.807, 2.05) is 32.9 Å². The molecule has 0 saturated heterocycles. The highest BCUT2D eigenvalue weighted by molar-refractivity contribution is 5.89. The third-order valence-electron chi connectivity index (χ3n) is 3.64. The summed E-state index contributed by atoms with van der Waals surface area (Å²) in [5.41, 5.74) is 2.84. The minimum atomic E-state index is -0.827. The number of carbonyl (C=O) groups excluding carboxylic acids is 1. The number of urea groups is 1. The molecule has 0 bridgehead atoms. The zero-order valence-corrected chi connectivity index (χ0v) is 13.9. The highest BCUT2D eigenvalue weighted by atomic mass is 19.1. The molecule has 0 radical (unpaired) electrons. The number of halogens is 2. The van der Waals surface area contributed by atoms with Gasteiger partial charge >= 0.3 is 6.03 Å². The maximum absolute atomic E-state index is 13.4. The first kappa shape index (κ1) is 17.7. The van der Waals surface area contributed by atoms with E-state index in [-0.39, 0.29) is 13.2 Å². The maximum atomic E-state index is 13.4. The first-order valence-corrected chi connectivity index (χ1v) is 7.58. The zero-order chi connectivity index (χ0) is 17.7. The fourth-order valence-corrected chi connectivity index (χ4v) is 2.19. The number of hydrogen-bond acceptors (Lipinski definition) is 2. The molecular weight excluding hydrogens is 314 g/mol. The van der Waals surface area contributed by atoms with Crippen molar-refractivity contribution in [3.63, 3.8) is 0 Å². The third kappa shape index (κ3) is 4.44. The number of rotatable bonds is 5. The second-order valence-electron chi connectivity index (χ2n) is 5.53. The van der Waals surface area contributed by atoms with Crippen LogP contribution in [0.2, 0.25) is 0 Å². The van der Waals surface area contributed by atoms with Crippen LogP contribution in [-0.2, 0) is 0 Å². The lowest BCUT2D eigenvalue weighted by molar-refractivity contribution is 0.247. The fraction of sp³-hybridized carbons (Fsp3) is 0.278. The van der Waals surface area contributed by atoms with Crippen LogP contribution in [0.15, 0.2) is 30.3 Å². The minimum Gasteiger partial charge on any atom is -0.491 e. The van der Waals surface area contributed by atoms with Crippen molar-refractivity contribution in [2.45, 2.75) is 20.8 Å². The average molecular weight is 334 g/mol. The Bertz CT molecular complexity index is 728. The quantitative estimate of drug-likeness (QED) is 0.809. The van der Waals surface area contributed by atoms with Crippen LogP contribution in [0.25, 0.3) is 0 Å². The number of hydrogen-bond donors (Lipinski definition) is 2. The van der Waals surface area contributed by atoms with Crippen LogP contribution in [-0.4, -0.2) is 19.2 Å². The number of carbonyl (C=O) groups is 1. The van der Waals surface area contributed by atoms with Gasteiger partial charge in [0.1, 0.15) is 29.7 Å². The molecule has 2 aromatic carbocycles. The molecule has 0 atom stereocenters. The summed E-state index contributed by atoms with van der Waals surface area (Å²) in [6.45, 7) is 6.42. The summed E-state index contributed by atoms with van der Waals surface area (Å²) in [5, 5.41) is 4.64. The van der Waals surface area contributed by atoms with Crippen molar-refractivity contribution >= 4 is 11.7 Å². The largest absolute Gasteiger partial charge is 0.491 e. The topological polar surface area (TPSA) is 50.4 Å². The predicted molar refractivity (Wildman–Crippen MR) is 89.5 cm³/mol. The van der Waals surface area contributed by atoms with Gasteiger partial charge in [0.2, 0.25) is 0 Å². The molecule has 0 aliphatic rings. The first-order chi connectivity index (χ1) is 11.4. The molecule has 2 aromatic rings. The normalized spacial score (nSPS) is 10.4. The minimum absolute atomic E-state index is 0.203. The number of ether oxygens (including phenoxy) is 1. The molecule has 0 saturated carbocycles. The van der Waals surface area contributed by atoms with Gasteiger partial charge in [0.25, 0.3) is 0 Å². The van der Waals surface area contributed by atoms with Crippen LogP contribution in [0.5, 0.6) is 5.75 Å². The maximum Gasteiger partial charge on any atom is 0.319 e. The molecule has 0 unspecified atom stereocenters. The van der Waals surface area contributed by atoms with Gasteiger partial charge in [-0.1, -0.05) is 12.1 Å². The molecule has 0 aliphatic carbocycles. The van der Waals surface area contributed by atoms with Crippen LogP contribution in [0, 0.1) is 32.4 Å². The molecule has 0 aromatic heterocycles. The molecule has 128 valence electrons. The van der Waals surface area contributed by atoms with Gasteiger partial charge in [-0.3, -0.25) is 0 Å². The monoisotopic (exact) mass is 334 g/mol. The lowest BCUT2D eigenvalue weighted by Crippen LogP contribution is -2.32. The molecule has 2 rings (SSSR count). The molecule has 4 nitrogen and oxygen atoms in total. The van der Waals surface area contributed by atoms with Crippen molar-refractivity contribution in [3.05, 3.63) is 58.7 Å². The second-order valence-corrected chi connectivity index (χ2v) is 5.53. The summed E-state index contributed by atoms with van der Waals surface area (Å²) < 4.78 is 32.5. The van der Waals surface area contributed by atoms with E-state index >= 15 is 0 Å². The summed E-state index contributed by atoms with van der Waals surface area (Å²) in [6.07, 6.45) is 0. The number of amides is 2. The van der Waals surface area contributed by atoms with Crippen LogP contribution < -0.4 is 15.4 Å². The Morgan fingerprint density at radius 2 is 1.67 bits per heavy atom. The summed E-state index contributed by atoms with van der Waals surface area (Å²) in [5.74, 6) is -0.903. The van der Waals surface area contributed by atoms with E-state index in [4.69, 9.17) is 4.74 Å². The van der Waals surface area contributed by atoms with E-state index < -0.39 is 23.4 Å². The highest BCUT2D eigenvalue weighted by Gasteiger charge is 2.11. The van der Waals surface area contributed by atoms with Gasteiger partial charge < -0.3 is 15.4 Å². The van der Waals surface area contributed by atoms with Crippen LogP contribution in [0.4, 0.5) is 19.3 Å². The Morgan fingerprint density at radius 1 is 1.04 bits per heavy atom. The highest BCUT2D eigenvalue weighted by Crippen LogP contribution is 2.22. The van der Waals surface area contributed by atoms with E-state index in [2.05, 4.69) is 10.6 Å². The van der Waals surface area contributed by atoms with Crippen molar-refractivity contribution in [1.82, 2.24) is 5.32 Å². The Kier molecular flexibility index (Phi) is 5.73. The smallest absolute Gasteiger partial charge is 0.319 e. The number of nitrogens with one attached hydrogen (secondary N) is 2. The number of benzene rings is 2. The summed E-state index contributed by atoms with van der Waals surface area (Å²) in [6, 6.07) is 6.66. The summed E-state index contributed by atoms with van der Waals surface area (Å²) in [4.78, 5) is 11.7. The van der Waals surface area contributed by atoms with Gasteiger partial charge in [-0.25, -0.2) is 13.6 Å². The van der Waals surface area contributed by atoms with Gasteiger partial charge in [-0.05, 0) is 55.7 Å². The predicted octanol–water partition coefficient (Wildman–Crippen LogP) is 4.09. The van der Waals surface area contributed by atoms with E-state index in [1.54, 1.807) is 0 Å². The number of anilines is 1. The molecular formula is C18H20F2N2O2. The average Bonchev–Trinajstić information content (AvgIpc) is 2.52. The Balaban J connectivity index is 1.82. The molecule has 0 spiro atoms. The molecule has 0 heterocycles. The van der Waals surface area contributed by atoms with Crippen LogP contribution in [0.3, 0.4) is 0 Å². The lowest BCUT2D eigenvalue weighted by Gasteiger charge is -2.13. The fourth-order valence-electron chi connectivity index (χ4n) is 2.19. The van der Waals surface area contributed by atoms with Gasteiger partial charge in [0.05, 0.1) is 6.54 Å². The zero-order valence-electron chi connectivity index (χ0n) is 13.9. The first-order valence-electron chi connectivity index (χ1n) is 7.58. The third-order valence-corrected chi connectivity index (χ3v) is 3.64. The van der Waals surface area contributed by atoms with E-state index in [1.165, 1.54) is 11.6 Å². The number of aryl methyl sites for hydroxylation is 3. The van der Waals surface area contributed by atoms with Gasteiger partial charge in [-0.15, -0.1) is 0 Å². The Labute approximate surface area is 139 Å². The van der Waals surface area contributed by atoms with Crippen LogP contribution in [0.1, 0.15) is 16.7 Å². The Morgan fingerprint density at radius 3 is 2.33 bits per heavy atom. The van der Waals surface area contributed by atoms with Crippen molar-refractivity contribution in [3.8, 4) is 5.75 Å². The molecule has 0 fully saturated rings. The van der Waals surface area contributed by atoms with Gasteiger partial charge in [-0.2, -0.15) is 0 Å². The van der Waals surface area contributed by atoms with Gasteiger partial charge in [0.15, 0.2) is 0 Å². The summed E-state index contributed by atoms with van der Waals surface area (Å²) in [7, 11) is 0. The molecule has 2 N–H and O–H groups in total.